The van der Waals surface area contributed by atoms with Crippen molar-refractivity contribution in [2.24, 2.45) is 0 Å². The molecule has 0 spiro atoms. The van der Waals surface area contributed by atoms with Crippen molar-refractivity contribution < 1.29 is 28.2 Å². The summed E-state index contributed by atoms with van der Waals surface area (Å²) in [5.41, 5.74) is 5.68. The van der Waals surface area contributed by atoms with Gasteiger partial charge < -0.3 is 19.5 Å². The van der Waals surface area contributed by atoms with E-state index in [0.29, 0.717) is 52.6 Å². The van der Waals surface area contributed by atoms with Gasteiger partial charge in [-0.15, -0.1) is 5.54 Å². The van der Waals surface area contributed by atoms with Crippen molar-refractivity contribution in [3.05, 3.63) is 53.1 Å². The van der Waals surface area contributed by atoms with Crippen LogP contribution >= 0.6 is 0 Å². The molecule has 0 aromatic heterocycles. The predicted octanol–water partition coefficient (Wildman–Crippen LogP) is 6.90. The van der Waals surface area contributed by atoms with E-state index >= 15 is 0 Å². The number of halogens is 1. The number of carbonyl (C=O) groups is 2. The lowest BCUT2D eigenvalue weighted by molar-refractivity contribution is -0.133. The van der Waals surface area contributed by atoms with E-state index in [-0.39, 0.29) is 25.3 Å². The summed E-state index contributed by atoms with van der Waals surface area (Å²) >= 11 is 0. The third-order valence-electron chi connectivity index (χ3n) is 9.09. The molecule has 1 aliphatic heterocycles. The smallest absolute Gasteiger partial charge is 0.303 e. The first-order valence-corrected chi connectivity index (χ1v) is 17.7. The average molecular weight is 625 g/mol. The Kier molecular flexibility index (Phi) is 12.0. The lowest BCUT2D eigenvalue weighted by atomic mass is 9.85. The highest BCUT2D eigenvalue weighted by molar-refractivity contribution is 6.90. The quantitative estimate of drug-likeness (QED) is 0.217. The number of benzene rings is 2. The highest BCUT2D eigenvalue weighted by Gasteiger charge is 2.49. The number of rotatable bonds is 11. The topological polar surface area (TPSA) is 77.1 Å². The molecule has 3 rings (SSSR count). The Morgan fingerprint density at radius 1 is 1.00 bits per heavy atom. The van der Waals surface area contributed by atoms with Gasteiger partial charge >= 0.3 is 5.91 Å². The molecule has 2 aromatic carbocycles. The van der Waals surface area contributed by atoms with E-state index in [9.17, 15) is 14.0 Å². The zero-order chi connectivity index (χ0) is 32.7. The molecule has 1 N–H and O–H groups in total. The number of amides is 2. The Morgan fingerprint density at radius 3 is 2.18 bits per heavy atom. The Balaban J connectivity index is 2.16. The van der Waals surface area contributed by atoms with Gasteiger partial charge in [-0.3, -0.25) is 14.5 Å². The van der Waals surface area contributed by atoms with Crippen LogP contribution < -0.4 is 19.7 Å². The van der Waals surface area contributed by atoms with E-state index in [1.54, 1.807) is 38.5 Å². The largest absolute Gasteiger partial charge is 0.497 e. The molecule has 0 unspecified atom stereocenters. The maximum Gasteiger partial charge on any atom is 0.303 e. The van der Waals surface area contributed by atoms with Gasteiger partial charge in [0.1, 0.15) is 31.8 Å². The minimum atomic E-state index is -2.26. The highest BCUT2D eigenvalue weighted by atomic mass is 28.3. The van der Waals surface area contributed by atoms with Gasteiger partial charge in [0, 0.05) is 49.9 Å². The van der Waals surface area contributed by atoms with Crippen LogP contribution in [0.25, 0.3) is 0 Å². The molecule has 0 bridgehead atoms. The van der Waals surface area contributed by atoms with Crippen LogP contribution in [0.5, 0.6) is 11.5 Å². The van der Waals surface area contributed by atoms with Crippen LogP contribution in [-0.2, 0) is 27.5 Å². The summed E-state index contributed by atoms with van der Waals surface area (Å²) in [5, 5.41) is 3.07. The number of ether oxygens (including phenoxy) is 3. The van der Waals surface area contributed by atoms with Crippen LogP contribution in [0.4, 0.5) is 10.1 Å². The molecule has 9 heteroatoms. The van der Waals surface area contributed by atoms with Crippen molar-refractivity contribution in [3.63, 3.8) is 0 Å². The summed E-state index contributed by atoms with van der Waals surface area (Å²) in [7, 11) is 0.880. The lowest BCUT2D eigenvalue weighted by Gasteiger charge is -2.44. The second-order valence-electron chi connectivity index (χ2n) is 12.6. The summed E-state index contributed by atoms with van der Waals surface area (Å²) in [6.07, 6.45) is 0.540. The number of nitrogens with one attached hydrogen (secondary N) is 1. The molecule has 0 aliphatic carbocycles. The molecule has 44 heavy (non-hydrogen) atoms. The monoisotopic (exact) mass is 624 g/mol. The van der Waals surface area contributed by atoms with Gasteiger partial charge in [0.05, 0.1) is 14.2 Å². The van der Waals surface area contributed by atoms with E-state index in [2.05, 4.69) is 58.3 Å². The fourth-order valence-corrected chi connectivity index (χ4v) is 12.0. The SMILES string of the molecule is COc1ccc(CNC(=O)C2(N(C(=O)C#C[Si](C(C)C)(C(C)C)C(C)C)c3cc(C)cc(CF)c3)CCOCC2)c(OC)c1. The summed E-state index contributed by atoms with van der Waals surface area (Å²) < 4.78 is 30.6. The van der Waals surface area contributed by atoms with Crippen LogP contribution in [0.2, 0.25) is 16.6 Å². The van der Waals surface area contributed by atoms with E-state index < -0.39 is 26.2 Å². The van der Waals surface area contributed by atoms with Crippen LogP contribution in [-0.4, -0.2) is 52.9 Å². The van der Waals surface area contributed by atoms with Crippen molar-refractivity contribution >= 4 is 25.6 Å². The number of methoxy groups -OCH3 is 2. The molecule has 0 saturated carbocycles. The predicted molar refractivity (Wildman–Crippen MR) is 176 cm³/mol. The first-order valence-electron chi connectivity index (χ1n) is 15.5. The average Bonchev–Trinajstić information content (AvgIpc) is 2.99. The van der Waals surface area contributed by atoms with E-state index in [0.717, 1.165) is 11.1 Å². The molecule has 1 heterocycles. The van der Waals surface area contributed by atoms with E-state index in [1.165, 1.54) is 4.90 Å². The van der Waals surface area contributed by atoms with Crippen molar-refractivity contribution in [2.45, 2.75) is 96.7 Å². The highest BCUT2D eigenvalue weighted by Crippen LogP contribution is 2.41. The van der Waals surface area contributed by atoms with Crippen LogP contribution in [0.3, 0.4) is 0 Å². The maximum absolute atomic E-state index is 14.4. The molecule has 7 nitrogen and oxygen atoms in total. The van der Waals surface area contributed by atoms with Gasteiger partial charge in [-0.2, -0.15) is 0 Å². The maximum atomic E-state index is 14.4. The molecule has 1 aliphatic rings. The Bertz CT molecular complexity index is 1350. The van der Waals surface area contributed by atoms with Gasteiger partial charge in [0.15, 0.2) is 0 Å². The molecule has 2 aromatic rings. The molecule has 240 valence electrons. The van der Waals surface area contributed by atoms with Gasteiger partial charge in [-0.25, -0.2) is 4.39 Å². The number of hydrogen-bond donors (Lipinski definition) is 1. The van der Waals surface area contributed by atoms with Gasteiger partial charge in [-0.05, 0) is 64.9 Å². The first-order chi connectivity index (χ1) is 20.9. The van der Waals surface area contributed by atoms with E-state index in [4.69, 9.17) is 14.2 Å². The summed E-state index contributed by atoms with van der Waals surface area (Å²) in [5.74, 6) is 3.49. The van der Waals surface area contributed by atoms with Crippen molar-refractivity contribution in [1.82, 2.24) is 5.32 Å². The van der Waals surface area contributed by atoms with Crippen molar-refractivity contribution in [3.8, 4) is 23.0 Å². The number of anilines is 1. The summed E-state index contributed by atoms with van der Waals surface area (Å²) in [6, 6.07) is 10.6. The van der Waals surface area contributed by atoms with Gasteiger partial charge in [0.2, 0.25) is 5.91 Å². The van der Waals surface area contributed by atoms with E-state index in [1.807, 2.05) is 19.1 Å². The number of aryl methyl sites for hydroxylation is 1. The third kappa shape index (κ3) is 7.30. The summed E-state index contributed by atoms with van der Waals surface area (Å²) in [6.45, 7) is 15.1. The van der Waals surface area contributed by atoms with Gasteiger partial charge in [-0.1, -0.05) is 47.6 Å². The minimum Gasteiger partial charge on any atom is -0.497 e. The first kappa shape index (κ1) is 35.1. The van der Waals surface area contributed by atoms with Gasteiger partial charge in [0.25, 0.3) is 0 Å². The third-order valence-corrected chi connectivity index (χ3v) is 15.4. The van der Waals surface area contributed by atoms with Crippen molar-refractivity contribution in [2.75, 3.05) is 32.3 Å². The van der Waals surface area contributed by atoms with Crippen LogP contribution in [0, 0.1) is 18.4 Å². The Labute approximate surface area is 263 Å². The molecule has 0 atom stereocenters. The number of alkyl halides is 1. The fourth-order valence-electron chi connectivity index (χ4n) is 6.86. The lowest BCUT2D eigenvalue weighted by Crippen LogP contribution is -2.63. The Morgan fingerprint density at radius 2 is 1.64 bits per heavy atom. The summed E-state index contributed by atoms with van der Waals surface area (Å²) in [4.78, 5) is 30.3. The Hall–Kier alpha value is -3.35. The molecule has 2 amide bonds. The zero-order valence-electron chi connectivity index (χ0n) is 27.8. The molecule has 1 saturated heterocycles. The fraction of sp³-hybridized carbons (Fsp3) is 0.543. The molecule has 1 fully saturated rings. The number of nitrogens with zero attached hydrogens (tertiary/aromatic N) is 1. The standard InChI is InChI=1S/C35H49FN2O5Si/c1-24(2)44(25(3)4,26(5)6)17-12-33(39)38(30-19-27(7)18-28(20-30)22-36)35(13-15-43-16-14-35)34(40)37-23-29-10-11-31(41-8)21-32(29)42-9/h10-11,18-21,24-26H,13-16,22-23H2,1-9H3,(H,37,40). The molecular weight excluding hydrogens is 575 g/mol. The van der Waals surface area contributed by atoms with Crippen molar-refractivity contribution in [1.29, 1.82) is 0 Å². The number of carbonyl (C=O) groups excluding carboxylic acids is 2. The minimum absolute atomic E-state index is 0.177. The normalized spacial score (nSPS) is 14.7. The second kappa shape index (κ2) is 15.1. The van der Waals surface area contributed by atoms with Crippen LogP contribution in [0.15, 0.2) is 36.4 Å². The molecule has 0 radical (unpaired) electrons. The van der Waals surface area contributed by atoms with Crippen LogP contribution in [0.1, 0.15) is 71.1 Å². The molecular formula is C35H49FN2O5Si. The number of hydrogen-bond acceptors (Lipinski definition) is 5. The second-order valence-corrected chi connectivity index (χ2v) is 18.2. The zero-order valence-corrected chi connectivity index (χ0v) is 28.8.